The van der Waals surface area contributed by atoms with Gasteiger partial charge in [-0.15, -0.1) is 0 Å². The van der Waals surface area contributed by atoms with Gasteiger partial charge in [0.2, 0.25) is 0 Å². The van der Waals surface area contributed by atoms with E-state index in [-0.39, 0.29) is 11.9 Å². The molecule has 18 heavy (non-hydrogen) atoms. The molecule has 0 amide bonds. The molecule has 1 aliphatic heterocycles. The molecule has 0 bridgehead atoms. The number of nitrogens with zero attached hydrogens (tertiary/aromatic N) is 2. The van der Waals surface area contributed by atoms with E-state index in [9.17, 15) is 4.39 Å². The summed E-state index contributed by atoms with van der Waals surface area (Å²) in [6.07, 6.45) is 1.16. The Morgan fingerprint density at radius 1 is 1.56 bits per heavy atom. The Morgan fingerprint density at radius 3 is 3.11 bits per heavy atom. The molecule has 1 unspecified atom stereocenters. The van der Waals surface area contributed by atoms with Gasteiger partial charge in [-0.05, 0) is 25.5 Å². The minimum Gasteiger partial charge on any atom is -0.377 e. The molecule has 0 aromatic heterocycles. The molecule has 4 heteroatoms. The van der Waals surface area contributed by atoms with Gasteiger partial charge >= 0.3 is 0 Å². The summed E-state index contributed by atoms with van der Waals surface area (Å²) in [6.45, 7) is 5.12. The van der Waals surface area contributed by atoms with E-state index in [0.717, 1.165) is 26.1 Å². The average molecular weight is 248 g/mol. The van der Waals surface area contributed by atoms with Crippen LogP contribution >= 0.6 is 0 Å². The molecule has 0 radical (unpaired) electrons. The van der Waals surface area contributed by atoms with E-state index < -0.39 is 0 Å². The van der Waals surface area contributed by atoms with Gasteiger partial charge in [-0.3, -0.25) is 4.90 Å². The maximum Gasteiger partial charge on any atom is 0.129 e. The van der Waals surface area contributed by atoms with Gasteiger partial charge in [-0.25, -0.2) is 4.39 Å². The topological polar surface area (TPSA) is 36.3 Å². The zero-order chi connectivity index (χ0) is 13.0. The molecule has 1 aromatic carbocycles. The van der Waals surface area contributed by atoms with Gasteiger partial charge < -0.3 is 4.74 Å². The molecular weight excluding hydrogens is 231 g/mol. The Hall–Kier alpha value is -1.44. The summed E-state index contributed by atoms with van der Waals surface area (Å²) in [5.41, 5.74) is 1.01. The van der Waals surface area contributed by atoms with Crippen LogP contribution in [-0.2, 0) is 11.3 Å². The molecule has 3 nitrogen and oxygen atoms in total. The molecule has 0 aliphatic carbocycles. The van der Waals surface area contributed by atoms with Crippen LogP contribution in [0.5, 0.6) is 0 Å². The summed E-state index contributed by atoms with van der Waals surface area (Å²) in [4.78, 5) is 2.20. The first kappa shape index (κ1) is 13.0. The quantitative estimate of drug-likeness (QED) is 0.805. The molecular formula is C14H17FN2O. The van der Waals surface area contributed by atoms with E-state index in [1.807, 2.05) is 13.0 Å². The molecule has 96 valence electrons. The molecule has 1 aliphatic rings. The maximum atomic E-state index is 13.8. The van der Waals surface area contributed by atoms with Crippen molar-refractivity contribution in [2.75, 3.05) is 19.7 Å². The summed E-state index contributed by atoms with van der Waals surface area (Å²) >= 11 is 0. The SMILES string of the molecule is CC1CN(Cc2ccc(C#N)cc2F)CCCO1. The molecule has 1 fully saturated rings. The highest BCUT2D eigenvalue weighted by molar-refractivity contribution is 5.32. The zero-order valence-electron chi connectivity index (χ0n) is 10.5. The van der Waals surface area contributed by atoms with Crippen molar-refractivity contribution in [1.82, 2.24) is 4.90 Å². The molecule has 0 saturated carbocycles. The van der Waals surface area contributed by atoms with Crippen LogP contribution in [0, 0.1) is 17.1 Å². The first-order valence-electron chi connectivity index (χ1n) is 6.21. The smallest absolute Gasteiger partial charge is 0.129 e. The van der Waals surface area contributed by atoms with Crippen LogP contribution in [0.25, 0.3) is 0 Å². The Morgan fingerprint density at radius 2 is 2.39 bits per heavy atom. The fraction of sp³-hybridized carbons (Fsp3) is 0.500. The Kier molecular flexibility index (Phi) is 4.29. The molecule has 1 aromatic rings. The predicted molar refractivity (Wildman–Crippen MR) is 66.4 cm³/mol. The second-order valence-corrected chi connectivity index (χ2v) is 4.69. The monoisotopic (exact) mass is 248 g/mol. The summed E-state index contributed by atoms with van der Waals surface area (Å²) < 4.78 is 19.3. The van der Waals surface area contributed by atoms with Crippen molar-refractivity contribution in [1.29, 1.82) is 5.26 Å². The lowest BCUT2D eigenvalue weighted by Gasteiger charge is -2.22. The first-order valence-corrected chi connectivity index (χ1v) is 6.21. The third kappa shape index (κ3) is 3.28. The third-order valence-electron chi connectivity index (χ3n) is 3.11. The number of ether oxygens (including phenoxy) is 1. The average Bonchev–Trinajstić information content (AvgIpc) is 2.56. The lowest BCUT2D eigenvalue weighted by Crippen LogP contribution is -2.30. The minimum absolute atomic E-state index is 0.189. The second kappa shape index (κ2) is 5.94. The van der Waals surface area contributed by atoms with Gasteiger partial charge in [0.05, 0.1) is 17.7 Å². The number of hydrogen-bond acceptors (Lipinski definition) is 3. The van der Waals surface area contributed by atoms with E-state index in [0.29, 0.717) is 17.7 Å². The standard InChI is InChI=1S/C14H17FN2O/c1-11-9-17(5-2-6-18-11)10-13-4-3-12(8-16)7-14(13)15/h3-4,7,11H,2,5-6,9-10H2,1H3. The zero-order valence-corrected chi connectivity index (χ0v) is 10.5. The highest BCUT2D eigenvalue weighted by Crippen LogP contribution is 2.15. The highest BCUT2D eigenvalue weighted by atomic mass is 19.1. The first-order chi connectivity index (χ1) is 8.69. The van der Waals surface area contributed by atoms with Crippen molar-refractivity contribution in [3.05, 3.63) is 35.1 Å². The van der Waals surface area contributed by atoms with Crippen molar-refractivity contribution in [2.45, 2.75) is 26.0 Å². The van der Waals surface area contributed by atoms with E-state index in [1.165, 1.54) is 6.07 Å². The summed E-state index contributed by atoms with van der Waals surface area (Å²) in [7, 11) is 0. The highest BCUT2D eigenvalue weighted by Gasteiger charge is 2.16. The van der Waals surface area contributed by atoms with Crippen LogP contribution in [0.1, 0.15) is 24.5 Å². The molecule has 1 saturated heterocycles. The van der Waals surface area contributed by atoms with E-state index >= 15 is 0 Å². The maximum absolute atomic E-state index is 13.8. The molecule has 2 rings (SSSR count). The van der Waals surface area contributed by atoms with Crippen LogP contribution in [0.4, 0.5) is 4.39 Å². The number of hydrogen-bond donors (Lipinski definition) is 0. The summed E-state index contributed by atoms with van der Waals surface area (Å²) in [5, 5.41) is 8.70. The van der Waals surface area contributed by atoms with Crippen LogP contribution in [0.2, 0.25) is 0 Å². The number of rotatable bonds is 2. The lowest BCUT2D eigenvalue weighted by atomic mass is 10.1. The van der Waals surface area contributed by atoms with E-state index in [1.54, 1.807) is 12.1 Å². The van der Waals surface area contributed by atoms with Gasteiger partial charge in [0.1, 0.15) is 5.82 Å². The Balaban J connectivity index is 2.06. The number of benzene rings is 1. The van der Waals surface area contributed by atoms with Crippen LogP contribution in [0.15, 0.2) is 18.2 Å². The normalized spacial score (nSPS) is 21.3. The Labute approximate surface area is 107 Å². The second-order valence-electron chi connectivity index (χ2n) is 4.69. The van der Waals surface area contributed by atoms with Gasteiger partial charge in [0.25, 0.3) is 0 Å². The van der Waals surface area contributed by atoms with Gasteiger partial charge in [0.15, 0.2) is 0 Å². The lowest BCUT2D eigenvalue weighted by molar-refractivity contribution is 0.0666. The van der Waals surface area contributed by atoms with Gasteiger partial charge in [-0.1, -0.05) is 6.07 Å². The summed E-state index contributed by atoms with van der Waals surface area (Å²) in [6, 6.07) is 6.60. The Bertz CT molecular complexity index is 456. The van der Waals surface area contributed by atoms with Crippen LogP contribution in [0.3, 0.4) is 0 Å². The number of nitriles is 1. The minimum atomic E-state index is -0.299. The van der Waals surface area contributed by atoms with Crippen LogP contribution in [-0.4, -0.2) is 30.7 Å². The van der Waals surface area contributed by atoms with E-state index in [4.69, 9.17) is 10.00 Å². The molecule has 0 N–H and O–H groups in total. The number of halogens is 1. The third-order valence-corrected chi connectivity index (χ3v) is 3.11. The molecule has 0 spiro atoms. The van der Waals surface area contributed by atoms with Crippen molar-refractivity contribution >= 4 is 0 Å². The predicted octanol–water partition coefficient (Wildman–Crippen LogP) is 2.31. The van der Waals surface area contributed by atoms with Gasteiger partial charge in [0, 0.05) is 31.8 Å². The van der Waals surface area contributed by atoms with Crippen molar-refractivity contribution < 1.29 is 9.13 Å². The summed E-state index contributed by atoms with van der Waals surface area (Å²) in [5.74, 6) is -0.299. The largest absolute Gasteiger partial charge is 0.377 e. The molecule has 1 atom stereocenters. The fourth-order valence-corrected chi connectivity index (χ4v) is 2.21. The fourth-order valence-electron chi connectivity index (χ4n) is 2.21. The van der Waals surface area contributed by atoms with Crippen molar-refractivity contribution in [3.63, 3.8) is 0 Å². The van der Waals surface area contributed by atoms with Crippen molar-refractivity contribution in [3.8, 4) is 6.07 Å². The van der Waals surface area contributed by atoms with Crippen molar-refractivity contribution in [2.24, 2.45) is 0 Å². The molecule has 1 heterocycles. The van der Waals surface area contributed by atoms with Gasteiger partial charge in [-0.2, -0.15) is 5.26 Å². The van der Waals surface area contributed by atoms with Crippen LogP contribution < -0.4 is 0 Å². The van der Waals surface area contributed by atoms with E-state index in [2.05, 4.69) is 4.90 Å².